The number of nitrogens with one attached hydrogen (secondary N) is 2. The van der Waals surface area contributed by atoms with E-state index in [1.54, 1.807) is 12.1 Å². The number of hydrogen-bond acceptors (Lipinski definition) is 1. The molecule has 0 heterocycles. The monoisotopic (exact) mass is 364 g/mol. The van der Waals surface area contributed by atoms with Crippen molar-refractivity contribution in [3.63, 3.8) is 0 Å². The molecule has 0 fully saturated rings. The van der Waals surface area contributed by atoms with Gasteiger partial charge in [-0.2, -0.15) is 13.2 Å². The fourth-order valence-corrected chi connectivity index (χ4v) is 2.64. The number of halogens is 4. The highest BCUT2D eigenvalue weighted by Crippen LogP contribution is 2.36. The van der Waals surface area contributed by atoms with Crippen molar-refractivity contribution < 1.29 is 18.0 Å². The van der Waals surface area contributed by atoms with Gasteiger partial charge in [-0.1, -0.05) is 48.0 Å². The second-order valence-electron chi connectivity index (χ2n) is 5.29. The predicted octanol–water partition coefficient (Wildman–Crippen LogP) is 6.16. The van der Waals surface area contributed by atoms with E-state index in [-0.39, 0.29) is 10.7 Å². The summed E-state index contributed by atoms with van der Waals surface area (Å²) >= 11 is 5.63. The van der Waals surface area contributed by atoms with E-state index in [1.165, 1.54) is 6.07 Å². The van der Waals surface area contributed by atoms with Crippen LogP contribution in [-0.4, -0.2) is 6.03 Å². The van der Waals surface area contributed by atoms with Gasteiger partial charge in [-0.15, -0.1) is 0 Å². The van der Waals surface area contributed by atoms with Gasteiger partial charge in [0, 0.05) is 10.4 Å². The van der Waals surface area contributed by atoms with E-state index in [2.05, 4.69) is 10.6 Å². The molecule has 0 radical (unpaired) electrons. The fourth-order valence-electron chi connectivity index (χ4n) is 2.47. The zero-order valence-electron chi connectivity index (χ0n) is 12.7. The van der Waals surface area contributed by atoms with Crippen LogP contribution in [0.5, 0.6) is 0 Å². The summed E-state index contributed by atoms with van der Waals surface area (Å²) in [7, 11) is 0. The fraction of sp³-hybridized carbons (Fsp3) is 0.0556. The molecule has 0 bridgehead atoms. The van der Waals surface area contributed by atoms with Crippen molar-refractivity contribution in [1.82, 2.24) is 0 Å². The standard InChI is InChI=1S/C18H12ClF3N2O/c19-12-8-9-16(14(10-12)18(20,21)22)24-17(25)23-15-7-3-5-11-4-1-2-6-13(11)15/h1-10H,(H2,23,24,25). The van der Waals surface area contributed by atoms with Gasteiger partial charge in [0.25, 0.3) is 0 Å². The Morgan fingerprint density at radius 1 is 0.880 bits per heavy atom. The Kier molecular flexibility index (Phi) is 4.55. The Bertz CT molecular complexity index is 936. The smallest absolute Gasteiger partial charge is 0.307 e. The summed E-state index contributed by atoms with van der Waals surface area (Å²) in [5, 5.41) is 6.43. The molecule has 3 nitrogen and oxygen atoms in total. The maximum Gasteiger partial charge on any atom is 0.418 e. The SMILES string of the molecule is O=C(Nc1ccc(Cl)cc1C(F)(F)F)Nc1cccc2ccccc12. The molecule has 7 heteroatoms. The van der Waals surface area contributed by atoms with Crippen LogP contribution in [0.15, 0.2) is 60.7 Å². The Labute approximate surface area is 146 Å². The van der Waals surface area contributed by atoms with Gasteiger partial charge in [-0.3, -0.25) is 0 Å². The first kappa shape index (κ1) is 17.1. The largest absolute Gasteiger partial charge is 0.418 e. The second kappa shape index (κ2) is 6.64. The Morgan fingerprint density at radius 2 is 1.56 bits per heavy atom. The van der Waals surface area contributed by atoms with E-state index in [4.69, 9.17) is 11.6 Å². The molecule has 3 rings (SSSR count). The summed E-state index contributed by atoms with van der Waals surface area (Å²) in [6, 6.07) is 15.1. The first-order chi connectivity index (χ1) is 11.8. The number of rotatable bonds is 2. The van der Waals surface area contributed by atoms with Gasteiger partial charge in [0.15, 0.2) is 0 Å². The molecule has 0 unspecified atom stereocenters. The Balaban J connectivity index is 1.86. The highest BCUT2D eigenvalue weighted by Gasteiger charge is 2.34. The lowest BCUT2D eigenvalue weighted by atomic mass is 10.1. The highest BCUT2D eigenvalue weighted by molar-refractivity contribution is 6.30. The molecule has 3 aromatic rings. The third kappa shape index (κ3) is 3.85. The first-order valence-electron chi connectivity index (χ1n) is 7.27. The zero-order valence-corrected chi connectivity index (χ0v) is 13.4. The number of carbonyl (C=O) groups is 1. The van der Waals surface area contributed by atoms with Crippen LogP contribution in [0, 0.1) is 0 Å². The summed E-state index contributed by atoms with van der Waals surface area (Å²) in [6.07, 6.45) is -4.63. The lowest BCUT2D eigenvalue weighted by molar-refractivity contribution is -0.136. The van der Waals surface area contributed by atoms with Crippen LogP contribution in [0.1, 0.15) is 5.56 Å². The van der Waals surface area contributed by atoms with Crippen LogP contribution in [0.2, 0.25) is 5.02 Å². The molecular formula is C18H12ClF3N2O. The Hall–Kier alpha value is -2.73. The maximum atomic E-state index is 13.1. The minimum absolute atomic E-state index is 0.0627. The van der Waals surface area contributed by atoms with E-state index in [0.717, 1.165) is 22.9 Å². The number of amides is 2. The number of urea groups is 1. The molecular weight excluding hydrogens is 353 g/mol. The van der Waals surface area contributed by atoms with Gasteiger partial charge in [0.2, 0.25) is 0 Å². The molecule has 0 aromatic heterocycles. The topological polar surface area (TPSA) is 41.1 Å². The third-order valence-electron chi connectivity index (χ3n) is 3.57. The first-order valence-corrected chi connectivity index (χ1v) is 7.65. The average molecular weight is 365 g/mol. The summed E-state index contributed by atoms with van der Waals surface area (Å²) < 4.78 is 39.3. The van der Waals surface area contributed by atoms with E-state index < -0.39 is 17.8 Å². The number of benzene rings is 3. The van der Waals surface area contributed by atoms with E-state index in [1.807, 2.05) is 30.3 Å². The number of anilines is 2. The molecule has 25 heavy (non-hydrogen) atoms. The van der Waals surface area contributed by atoms with Crippen LogP contribution in [0.25, 0.3) is 10.8 Å². The minimum atomic E-state index is -4.63. The minimum Gasteiger partial charge on any atom is -0.307 e. The number of carbonyl (C=O) groups excluding carboxylic acids is 1. The summed E-state index contributed by atoms with van der Waals surface area (Å²) in [4.78, 5) is 12.2. The molecule has 0 aliphatic carbocycles. The van der Waals surface area contributed by atoms with Gasteiger partial charge < -0.3 is 10.6 Å². The van der Waals surface area contributed by atoms with Crippen molar-refractivity contribution in [3.05, 3.63) is 71.2 Å². The normalized spacial score (nSPS) is 11.4. The molecule has 2 amide bonds. The number of fused-ring (bicyclic) bond motifs is 1. The van der Waals surface area contributed by atoms with Crippen LogP contribution in [0.3, 0.4) is 0 Å². The van der Waals surface area contributed by atoms with Crippen LogP contribution in [-0.2, 0) is 6.18 Å². The molecule has 0 saturated heterocycles. The van der Waals surface area contributed by atoms with Gasteiger partial charge in [0.05, 0.1) is 16.9 Å². The second-order valence-corrected chi connectivity index (χ2v) is 5.73. The van der Waals surface area contributed by atoms with Gasteiger partial charge in [-0.25, -0.2) is 4.79 Å². The van der Waals surface area contributed by atoms with Crippen molar-refractivity contribution in [1.29, 1.82) is 0 Å². The van der Waals surface area contributed by atoms with E-state index in [0.29, 0.717) is 5.69 Å². The quantitative estimate of drug-likeness (QED) is 0.562. The summed E-state index contributed by atoms with van der Waals surface area (Å²) in [6.45, 7) is 0. The molecule has 0 aliphatic heterocycles. The van der Waals surface area contributed by atoms with Crippen LogP contribution < -0.4 is 10.6 Å². The van der Waals surface area contributed by atoms with Crippen molar-refractivity contribution in [2.45, 2.75) is 6.18 Å². The maximum absolute atomic E-state index is 13.1. The number of alkyl halides is 3. The average Bonchev–Trinajstić information content (AvgIpc) is 2.56. The van der Waals surface area contributed by atoms with Gasteiger partial charge in [-0.05, 0) is 29.7 Å². The lowest BCUT2D eigenvalue weighted by Crippen LogP contribution is -2.22. The molecule has 2 N–H and O–H groups in total. The Morgan fingerprint density at radius 3 is 2.32 bits per heavy atom. The molecule has 3 aromatic carbocycles. The molecule has 0 spiro atoms. The molecule has 0 saturated carbocycles. The lowest BCUT2D eigenvalue weighted by Gasteiger charge is -2.15. The van der Waals surface area contributed by atoms with Crippen LogP contribution >= 0.6 is 11.6 Å². The predicted molar refractivity (Wildman–Crippen MR) is 93.0 cm³/mol. The zero-order chi connectivity index (χ0) is 18.0. The van der Waals surface area contributed by atoms with Gasteiger partial charge in [0.1, 0.15) is 0 Å². The van der Waals surface area contributed by atoms with Crippen molar-refractivity contribution in [2.75, 3.05) is 10.6 Å². The van der Waals surface area contributed by atoms with Crippen LogP contribution in [0.4, 0.5) is 29.3 Å². The molecule has 0 atom stereocenters. The summed E-state index contributed by atoms with van der Waals surface area (Å²) in [5.74, 6) is 0. The van der Waals surface area contributed by atoms with Crippen molar-refractivity contribution in [3.8, 4) is 0 Å². The highest BCUT2D eigenvalue weighted by atomic mass is 35.5. The molecule has 0 aliphatic rings. The third-order valence-corrected chi connectivity index (χ3v) is 3.81. The van der Waals surface area contributed by atoms with E-state index in [9.17, 15) is 18.0 Å². The number of hydrogen-bond donors (Lipinski definition) is 2. The summed E-state index contributed by atoms with van der Waals surface area (Å²) in [5.41, 5.74) is -0.874. The van der Waals surface area contributed by atoms with E-state index >= 15 is 0 Å². The molecule has 128 valence electrons. The van der Waals surface area contributed by atoms with Gasteiger partial charge >= 0.3 is 12.2 Å². The van der Waals surface area contributed by atoms with Crippen molar-refractivity contribution in [2.24, 2.45) is 0 Å². The van der Waals surface area contributed by atoms with Crippen molar-refractivity contribution >= 4 is 39.8 Å².